The van der Waals surface area contributed by atoms with Crippen LogP contribution in [0.5, 0.6) is 0 Å². The number of piperidine rings is 1. The minimum atomic E-state index is -0.692. The van der Waals surface area contributed by atoms with Gasteiger partial charge in [-0.3, -0.25) is 4.79 Å². The Kier molecular flexibility index (Phi) is 3.74. The standard InChI is InChI=1S/C14H22N4O2/c1-2-17-7-3-4-11(9-17)18-13-8-10(14(19)20)5-6-12(13)15-16-18/h10-11H,2-9H2,1H3,(H,19,20)/t10-,11+/m1/s1. The third kappa shape index (κ3) is 2.44. The largest absolute Gasteiger partial charge is 0.481 e. The molecule has 1 fully saturated rings. The number of carboxylic acids is 1. The predicted octanol–water partition coefficient (Wildman–Crippen LogP) is 1.12. The van der Waals surface area contributed by atoms with E-state index < -0.39 is 5.97 Å². The van der Waals surface area contributed by atoms with Crippen LogP contribution in [0, 0.1) is 5.92 Å². The summed E-state index contributed by atoms with van der Waals surface area (Å²) >= 11 is 0. The molecule has 6 nitrogen and oxygen atoms in total. The van der Waals surface area contributed by atoms with Crippen LogP contribution < -0.4 is 0 Å². The Hall–Kier alpha value is -1.43. The molecule has 0 aromatic carbocycles. The van der Waals surface area contributed by atoms with Gasteiger partial charge in [0.1, 0.15) is 0 Å². The second-order valence-corrected chi connectivity index (χ2v) is 5.89. The van der Waals surface area contributed by atoms with Crippen LogP contribution in [0.4, 0.5) is 0 Å². The first-order valence-electron chi connectivity index (χ1n) is 7.57. The van der Waals surface area contributed by atoms with Crippen LogP contribution in [-0.4, -0.2) is 50.6 Å². The van der Waals surface area contributed by atoms with Gasteiger partial charge in [-0.2, -0.15) is 0 Å². The molecule has 20 heavy (non-hydrogen) atoms. The number of aliphatic carboxylic acids is 1. The number of aromatic nitrogens is 3. The maximum absolute atomic E-state index is 11.2. The van der Waals surface area contributed by atoms with Crippen molar-refractivity contribution in [3.8, 4) is 0 Å². The molecule has 110 valence electrons. The second kappa shape index (κ2) is 5.52. The van der Waals surface area contributed by atoms with E-state index >= 15 is 0 Å². The normalized spacial score (nSPS) is 27.2. The van der Waals surface area contributed by atoms with Crippen molar-refractivity contribution in [2.75, 3.05) is 19.6 Å². The van der Waals surface area contributed by atoms with Crippen LogP contribution in [-0.2, 0) is 17.6 Å². The number of rotatable bonds is 3. The summed E-state index contributed by atoms with van der Waals surface area (Å²) < 4.78 is 2.02. The molecule has 1 aliphatic carbocycles. The molecule has 1 aliphatic heterocycles. The molecule has 2 atom stereocenters. The maximum Gasteiger partial charge on any atom is 0.306 e. The van der Waals surface area contributed by atoms with Gasteiger partial charge in [0.15, 0.2) is 0 Å². The highest BCUT2D eigenvalue weighted by Gasteiger charge is 2.31. The zero-order chi connectivity index (χ0) is 14.1. The maximum atomic E-state index is 11.2. The van der Waals surface area contributed by atoms with Gasteiger partial charge in [-0.25, -0.2) is 4.68 Å². The van der Waals surface area contributed by atoms with E-state index in [9.17, 15) is 9.90 Å². The van der Waals surface area contributed by atoms with Gasteiger partial charge in [-0.05, 0) is 38.8 Å². The minimum absolute atomic E-state index is 0.273. The Balaban J connectivity index is 1.81. The summed E-state index contributed by atoms with van der Waals surface area (Å²) in [5.41, 5.74) is 2.07. The van der Waals surface area contributed by atoms with Crippen LogP contribution in [0.15, 0.2) is 0 Å². The van der Waals surface area contributed by atoms with Crippen LogP contribution in [0.25, 0.3) is 0 Å². The van der Waals surface area contributed by atoms with Crippen LogP contribution >= 0.6 is 0 Å². The summed E-state index contributed by atoms with van der Waals surface area (Å²) in [6, 6.07) is 0.354. The highest BCUT2D eigenvalue weighted by Crippen LogP contribution is 2.29. The Bertz CT molecular complexity index is 499. The molecule has 0 radical (unpaired) electrons. The average molecular weight is 278 g/mol. The van der Waals surface area contributed by atoms with Crippen molar-refractivity contribution in [1.82, 2.24) is 19.9 Å². The summed E-state index contributed by atoms with van der Waals surface area (Å²) in [5.74, 6) is -0.965. The third-order valence-electron chi connectivity index (χ3n) is 4.66. The molecule has 0 amide bonds. The fourth-order valence-electron chi connectivity index (χ4n) is 3.42. The van der Waals surface area contributed by atoms with Crippen molar-refractivity contribution >= 4 is 5.97 Å². The van der Waals surface area contributed by atoms with E-state index in [1.807, 2.05) is 4.68 Å². The molecular weight excluding hydrogens is 256 g/mol. The van der Waals surface area contributed by atoms with E-state index in [1.54, 1.807) is 0 Å². The fraction of sp³-hybridized carbons (Fsp3) is 0.786. The molecule has 0 spiro atoms. The first-order valence-corrected chi connectivity index (χ1v) is 7.57. The Labute approximate surface area is 118 Å². The lowest BCUT2D eigenvalue weighted by Crippen LogP contribution is -2.37. The summed E-state index contributed by atoms with van der Waals surface area (Å²) in [5, 5.41) is 17.8. The Morgan fingerprint density at radius 3 is 3.05 bits per heavy atom. The molecule has 1 aromatic heterocycles. The number of likely N-dealkylation sites (tertiary alicyclic amines) is 1. The van der Waals surface area contributed by atoms with E-state index in [4.69, 9.17) is 0 Å². The molecular formula is C14H22N4O2. The van der Waals surface area contributed by atoms with Crippen LogP contribution in [0.2, 0.25) is 0 Å². The van der Waals surface area contributed by atoms with Crippen molar-refractivity contribution in [2.24, 2.45) is 5.92 Å². The first-order chi connectivity index (χ1) is 9.69. The topological polar surface area (TPSA) is 71.2 Å². The molecule has 0 saturated carbocycles. The highest BCUT2D eigenvalue weighted by molar-refractivity contribution is 5.70. The molecule has 0 unspecified atom stereocenters. The lowest BCUT2D eigenvalue weighted by molar-refractivity contribution is -0.142. The van der Waals surface area contributed by atoms with Crippen molar-refractivity contribution in [2.45, 2.75) is 45.1 Å². The number of likely N-dealkylation sites (N-methyl/N-ethyl adjacent to an activating group) is 1. The smallest absolute Gasteiger partial charge is 0.306 e. The number of carboxylic acid groups (broad SMARTS) is 1. The molecule has 1 saturated heterocycles. The number of fused-ring (bicyclic) bond motifs is 1. The quantitative estimate of drug-likeness (QED) is 0.897. The SMILES string of the molecule is CCN1CCC[C@H](n2nnc3c2C[C@H](C(=O)O)CC3)C1. The lowest BCUT2D eigenvalue weighted by Gasteiger charge is -2.33. The van der Waals surface area contributed by atoms with Crippen molar-refractivity contribution in [3.63, 3.8) is 0 Å². The number of aryl methyl sites for hydroxylation is 1. The zero-order valence-corrected chi connectivity index (χ0v) is 12.0. The highest BCUT2D eigenvalue weighted by atomic mass is 16.4. The fourth-order valence-corrected chi connectivity index (χ4v) is 3.42. The summed E-state index contributed by atoms with van der Waals surface area (Å²) in [4.78, 5) is 13.6. The van der Waals surface area contributed by atoms with Crippen molar-refractivity contribution in [1.29, 1.82) is 0 Å². The van der Waals surface area contributed by atoms with Gasteiger partial charge >= 0.3 is 5.97 Å². The lowest BCUT2D eigenvalue weighted by atomic mass is 9.89. The third-order valence-corrected chi connectivity index (χ3v) is 4.66. The van der Waals surface area contributed by atoms with Gasteiger partial charge in [0, 0.05) is 13.0 Å². The summed E-state index contributed by atoms with van der Waals surface area (Å²) in [6.45, 7) is 5.40. The van der Waals surface area contributed by atoms with Crippen LogP contribution in [0.3, 0.4) is 0 Å². The van der Waals surface area contributed by atoms with Gasteiger partial charge < -0.3 is 10.0 Å². The number of nitrogens with zero attached hydrogens (tertiary/aromatic N) is 4. The van der Waals surface area contributed by atoms with Gasteiger partial charge in [-0.15, -0.1) is 5.10 Å². The molecule has 3 rings (SSSR count). The molecule has 2 aliphatic rings. The minimum Gasteiger partial charge on any atom is -0.481 e. The van der Waals surface area contributed by atoms with E-state index in [1.165, 1.54) is 6.42 Å². The van der Waals surface area contributed by atoms with E-state index in [0.717, 1.165) is 43.9 Å². The van der Waals surface area contributed by atoms with E-state index in [2.05, 4.69) is 22.1 Å². The average Bonchev–Trinajstić information content (AvgIpc) is 2.90. The van der Waals surface area contributed by atoms with Gasteiger partial charge in [0.05, 0.1) is 23.3 Å². The Morgan fingerprint density at radius 2 is 2.30 bits per heavy atom. The monoisotopic (exact) mass is 278 g/mol. The molecule has 2 heterocycles. The van der Waals surface area contributed by atoms with Gasteiger partial charge in [0.2, 0.25) is 0 Å². The van der Waals surface area contributed by atoms with Crippen LogP contribution in [0.1, 0.15) is 43.6 Å². The molecule has 6 heteroatoms. The van der Waals surface area contributed by atoms with Gasteiger partial charge in [-0.1, -0.05) is 12.1 Å². The zero-order valence-electron chi connectivity index (χ0n) is 12.0. The predicted molar refractivity (Wildman–Crippen MR) is 73.6 cm³/mol. The molecule has 1 aromatic rings. The van der Waals surface area contributed by atoms with Crippen molar-refractivity contribution < 1.29 is 9.90 Å². The molecule has 0 bridgehead atoms. The summed E-state index contributed by atoms with van der Waals surface area (Å²) in [6.07, 6.45) is 4.31. The molecule has 1 N–H and O–H groups in total. The van der Waals surface area contributed by atoms with Crippen molar-refractivity contribution in [3.05, 3.63) is 11.4 Å². The van der Waals surface area contributed by atoms with E-state index in [0.29, 0.717) is 18.9 Å². The number of hydrogen-bond acceptors (Lipinski definition) is 4. The van der Waals surface area contributed by atoms with Gasteiger partial charge in [0.25, 0.3) is 0 Å². The summed E-state index contributed by atoms with van der Waals surface area (Å²) in [7, 11) is 0. The number of hydrogen-bond donors (Lipinski definition) is 1. The second-order valence-electron chi connectivity index (χ2n) is 5.89. The van der Waals surface area contributed by atoms with E-state index in [-0.39, 0.29) is 5.92 Å². The Morgan fingerprint density at radius 1 is 1.45 bits per heavy atom. The number of carbonyl (C=O) groups is 1. The first kappa shape index (κ1) is 13.5.